The summed E-state index contributed by atoms with van der Waals surface area (Å²) in [5.74, 6) is 1.51. The minimum Gasteiger partial charge on any atom is -0.493 e. The molecule has 1 aromatic heterocycles. The van der Waals surface area contributed by atoms with Crippen molar-refractivity contribution in [3.05, 3.63) is 81.1 Å². The normalized spacial score (nSPS) is 10.9. The lowest BCUT2D eigenvalue weighted by atomic mass is 10.1. The van der Waals surface area contributed by atoms with Crippen molar-refractivity contribution >= 4 is 57.4 Å². The average Bonchev–Trinajstić information content (AvgIpc) is 3.11. The highest BCUT2D eigenvalue weighted by Crippen LogP contribution is 2.31. The molecule has 0 saturated carbocycles. The molecule has 0 spiro atoms. The van der Waals surface area contributed by atoms with Gasteiger partial charge in [-0.3, -0.25) is 4.79 Å². The predicted molar refractivity (Wildman–Crippen MR) is 132 cm³/mol. The number of rotatable bonds is 7. The number of nitrogens with zero attached hydrogens (tertiary/aromatic N) is 2. The second-order valence-corrected chi connectivity index (χ2v) is 8.48. The Morgan fingerprint density at radius 3 is 2.39 bits per heavy atom. The van der Waals surface area contributed by atoms with E-state index in [0.717, 1.165) is 5.56 Å². The minimum absolute atomic E-state index is 0.0165. The first-order valence-electron chi connectivity index (χ1n) is 9.99. The van der Waals surface area contributed by atoms with Gasteiger partial charge in [-0.1, -0.05) is 53.0 Å². The summed E-state index contributed by atoms with van der Waals surface area (Å²) in [5, 5.41) is 4.30. The van der Waals surface area contributed by atoms with Crippen molar-refractivity contribution in [1.29, 1.82) is 0 Å². The number of amides is 1. The fourth-order valence-corrected chi connectivity index (χ4v) is 4.07. The number of nitrogens with one attached hydrogen (secondary N) is 1. The van der Waals surface area contributed by atoms with Gasteiger partial charge in [0.2, 0.25) is 5.91 Å². The number of hydrogen-bond acceptors (Lipinski definition) is 4. The van der Waals surface area contributed by atoms with Gasteiger partial charge >= 0.3 is 0 Å². The van der Waals surface area contributed by atoms with Crippen molar-refractivity contribution in [2.24, 2.45) is 0 Å². The molecular weight excluding hydrogens is 485 g/mol. The number of benzene rings is 3. The van der Waals surface area contributed by atoms with Crippen molar-refractivity contribution in [3.8, 4) is 11.5 Å². The highest BCUT2D eigenvalue weighted by atomic mass is 35.5. The quantitative estimate of drug-likeness (QED) is 0.323. The van der Waals surface area contributed by atoms with Gasteiger partial charge in [-0.15, -0.1) is 0 Å². The van der Waals surface area contributed by atoms with Gasteiger partial charge in [-0.05, 0) is 35.9 Å². The Bertz CT molecular complexity index is 1340. The van der Waals surface area contributed by atoms with E-state index < -0.39 is 0 Å². The van der Waals surface area contributed by atoms with Crippen LogP contribution in [0, 0.1) is 0 Å². The lowest BCUT2D eigenvalue weighted by molar-refractivity contribution is -0.116. The van der Waals surface area contributed by atoms with Gasteiger partial charge in [0.1, 0.15) is 12.4 Å². The molecule has 1 N–H and O–H groups in total. The summed E-state index contributed by atoms with van der Waals surface area (Å²) in [6.07, 6.45) is 0.438. The zero-order chi connectivity index (χ0) is 23.5. The van der Waals surface area contributed by atoms with E-state index in [1.54, 1.807) is 37.4 Å². The van der Waals surface area contributed by atoms with E-state index in [9.17, 15) is 4.79 Å². The number of aromatic nitrogens is 2. The van der Waals surface area contributed by atoms with Crippen molar-refractivity contribution in [2.45, 2.75) is 13.0 Å². The van der Waals surface area contributed by atoms with Crippen LogP contribution in [0.25, 0.3) is 11.0 Å². The molecular formula is C24H20Cl3N3O3. The first-order valence-corrected chi connectivity index (χ1v) is 11.1. The number of methoxy groups -OCH3 is 2. The summed E-state index contributed by atoms with van der Waals surface area (Å²) < 4.78 is 12.4. The molecule has 0 saturated heterocycles. The van der Waals surface area contributed by atoms with Crippen molar-refractivity contribution in [3.63, 3.8) is 0 Å². The molecule has 4 rings (SSSR count). The summed E-state index contributed by atoms with van der Waals surface area (Å²) >= 11 is 18.8. The molecule has 1 amide bonds. The molecule has 0 atom stereocenters. The fourth-order valence-electron chi connectivity index (χ4n) is 3.55. The number of anilines is 1. The predicted octanol–water partition coefficient (Wildman–Crippen LogP) is 6.24. The topological polar surface area (TPSA) is 65.4 Å². The molecule has 6 nitrogen and oxygen atoms in total. The molecule has 0 aliphatic heterocycles. The maximum Gasteiger partial charge on any atom is 0.244 e. The Labute approximate surface area is 206 Å². The summed E-state index contributed by atoms with van der Waals surface area (Å²) in [7, 11) is 3.09. The molecule has 1 heterocycles. The molecule has 4 aromatic rings. The van der Waals surface area contributed by atoms with Crippen LogP contribution < -0.4 is 14.8 Å². The molecule has 0 bridgehead atoms. The van der Waals surface area contributed by atoms with Gasteiger partial charge < -0.3 is 19.4 Å². The minimum atomic E-state index is -0.243. The zero-order valence-electron chi connectivity index (χ0n) is 17.9. The number of halogens is 3. The first-order chi connectivity index (χ1) is 15.9. The first kappa shape index (κ1) is 23.2. The Kier molecular flexibility index (Phi) is 6.98. The van der Waals surface area contributed by atoms with Crippen LogP contribution in [0.3, 0.4) is 0 Å². The largest absolute Gasteiger partial charge is 0.493 e. The summed E-state index contributed by atoms with van der Waals surface area (Å²) in [6.45, 7) is 0.0165. The van der Waals surface area contributed by atoms with Crippen LogP contribution in [0.4, 0.5) is 5.69 Å². The highest BCUT2D eigenvalue weighted by Gasteiger charge is 2.17. The molecule has 0 fully saturated rings. The monoisotopic (exact) mass is 503 g/mol. The van der Waals surface area contributed by atoms with Gasteiger partial charge in [-0.2, -0.15) is 0 Å². The Morgan fingerprint density at radius 1 is 0.939 bits per heavy atom. The average molecular weight is 505 g/mol. The molecule has 9 heteroatoms. The van der Waals surface area contributed by atoms with E-state index in [4.69, 9.17) is 49.3 Å². The number of hydrogen-bond donors (Lipinski definition) is 1. The lowest BCUT2D eigenvalue weighted by Crippen LogP contribution is -2.20. The van der Waals surface area contributed by atoms with Gasteiger partial charge in [-0.25, -0.2) is 4.98 Å². The van der Waals surface area contributed by atoms with Crippen molar-refractivity contribution in [2.75, 3.05) is 19.5 Å². The summed E-state index contributed by atoms with van der Waals surface area (Å²) in [5.41, 5.74) is 2.82. The molecule has 0 aliphatic rings. The Morgan fingerprint density at radius 2 is 1.67 bits per heavy atom. The number of carbonyl (C=O) groups is 1. The third-order valence-electron chi connectivity index (χ3n) is 5.14. The molecule has 0 radical (unpaired) electrons. The van der Waals surface area contributed by atoms with E-state index in [1.807, 2.05) is 28.8 Å². The SMILES string of the molecule is COc1ccc(NC(=O)Cn2c(Cc3ccccc3Cl)nc3cc(Cl)c(Cl)cc32)cc1OC. The number of carbonyl (C=O) groups excluding carboxylic acids is 1. The van der Waals surface area contributed by atoms with E-state index >= 15 is 0 Å². The summed E-state index contributed by atoms with van der Waals surface area (Å²) in [4.78, 5) is 17.7. The second-order valence-electron chi connectivity index (χ2n) is 7.26. The van der Waals surface area contributed by atoms with Crippen LogP contribution in [0.2, 0.25) is 15.1 Å². The van der Waals surface area contributed by atoms with E-state index in [2.05, 4.69) is 5.32 Å². The Hall–Kier alpha value is -2.93. The maximum atomic E-state index is 13.0. The standard InChI is InChI=1S/C24H20Cl3N3O3/c1-32-21-8-7-15(10-22(21)33-2)28-24(31)13-30-20-12-18(27)17(26)11-19(20)29-23(30)9-14-5-3-4-6-16(14)25/h3-8,10-12H,9,13H2,1-2H3,(H,28,31). The number of fused-ring (bicyclic) bond motifs is 1. The van der Waals surface area contributed by atoms with Crippen molar-refractivity contribution in [1.82, 2.24) is 9.55 Å². The zero-order valence-corrected chi connectivity index (χ0v) is 20.1. The van der Waals surface area contributed by atoms with Crippen LogP contribution in [0.15, 0.2) is 54.6 Å². The second kappa shape index (κ2) is 9.91. The van der Waals surface area contributed by atoms with E-state index in [-0.39, 0.29) is 12.5 Å². The van der Waals surface area contributed by atoms with Crippen LogP contribution in [-0.2, 0) is 17.8 Å². The smallest absolute Gasteiger partial charge is 0.244 e. The molecule has 170 valence electrons. The van der Waals surface area contributed by atoms with E-state index in [0.29, 0.717) is 55.5 Å². The van der Waals surface area contributed by atoms with Crippen LogP contribution in [0.1, 0.15) is 11.4 Å². The molecule has 0 aliphatic carbocycles. The lowest BCUT2D eigenvalue weighted by Gasteiger charge is -2.13. The highest BCUT2D eigenvalue weighted by molar-refractivity contribution is 6.42. The van der Waals surface area contributed by atoms with Crippen LogP contribution in [0.5, 0.6) is 11.5 Å². The number of imidazole rings is 1. The van der Waals surface area contributed by atoms with Gasteiger partial charge in [0.15, 0.2) is 11.5 Å². The third-order valence-corrected chi connectivity index (χ3v) is 6.24. The van der Waals surface area contributed by atoms with E-state index in [1.165, 1.54) is 7.11 Å². The fraction of sp³-hybridized carbons (Fsp3) is 0.167. The van der Waals surface area contributed by atoms with Gasteiger partial charge in [0, 0.05) is 23.2 Å². The third kappa shape index (κ3) is 5.03. The Balaban J connectivity index is 1.67. The van der Waals surface area contributed by atoms with Crippen LogP contribution in [-0.4, -0.2) is 29.7 Å². The van der Waals surface area contributed by atoms with Gasteiger partial charge in [0.05, 0.1) is 35.3 Å². The van der Waals surface area contributed by atoms with Crippen LogP contribution >= 0.6 is 34.8 Å². The number of ether oxygens (including phenoxy) is 2. The summed E-state index contributed by atoms with van der Waals surface area (Å²) in [6, 6.07) is 16.1. The van der Waals surface area contributed by atoms with Crippen molar-refractivity contribution < 1.29 is 14.3 Å². The molecule has 3 aromatic carbocycles. The molecule has 0 unspecified atom stereocenters. The molecule has 33 heavy (non-hydrogen) atoms. The van der Waals surface area contributed by atoms with Gasteiger partial charge in [0.25, 0.3) is 0 Å². The maximum absolute atomic E-state index is 13.0.